The van der Waals surface area contributed by atoms with E-state index in [1.165, 1.54) is 6.20 Å². The van der Waals surface area contributed by atoms with Gasteiger partial charge >= 0.3 is 0 Å². The van der Waals surface area contributed by atoms with Crippen molar-refractivity contribution in [3.8, 4) is 0 Å². The molecule has 2 aliphatic heterocycles. The predicted molar refractivity (Wildman–Crippen MR) is 124 cm³/mol. The molecule has 2 fully saturated rings. The number of benzene rings is 1. The maximum atomic E-state index is 12.6. The van der Waals surface area contributed by atoms with Crippen molar-refractivity contribution in [3.63, 3.8) is 0 Å². The van der Waals surface area contributed by atoms with Gasteiger partial charge in [0.25, 0.3) is 0 Å². The van der Waals surface area contributed by atoms with Crippen LogP contribution in [0.4, 0.5) is 11.5 Å². The number of rotatable bonds is 5. The number of carbonyl (C=O) groups excluding carboxylic acids is 3. The lowest BCUT2D eigenvalue weighted by atomic mass is 9.96. The molecular formula is C24H25ClN4O3. The molecule has 4 rings (SSSR count). The van der Waals surface area contributed by atoms with Crippen LogP contribution in [0.2, 0.25) is 5.02 Å². The Kier molecular flexibility index (Phi) is 6.85. The zero-order valence-electron chi connectivity index (χ0n) is 17.7. The summed E-state index contributed by atoms with van der Waals surface area (Å²) in [6, 6.07) is 11.0. The van der Waals surface area contributed by atoms with E-state index in [2.05, 4.69) is 10.3 Å². The Hall–Kier alpha value is -3.19. The number of nitrogens with one attached hydrogen (secondary N) is 1. The van der Waals surface area contributed by atoms with Gasteiger partial charge in [0.1, 0.15) is 5.82 Å². The minimum absolute atomic E-state index is 0.0676. The molecule has 0 atom stereocenters. The number of halogens is 1. The minimum Gasteiger partial charge on any atom is -0.339 e. The fourth-order valence-corrected chi connectivity index (χ4v) is 4.11. The van der Waals surface area contributed by atoms with Crippen LogP contribution < -0.4 is 10.2 Å². The smallest absolute Gasteiger partial charge is 0.246 e. The van der Waals surface area contributed by atoms with E-state index in [4.69, 9.17) is 11.6 Å². The minimum atomic E-state index is -0.152. The first-order valence-electron chi connectivity index (χ1n) is 10.8. The summed E-state index contributed by atoms with van der Waals surface area (Å²) in [5.74, 6) is 0.327. The fourth-order valence-electron chi connectivity index (χ4n) is 4.00. The van der Waals surface area contributed by atoms with Crippen LogP contribution in [0.15, 0.2) is 48.7 Å². The number of piperidine rings is 1. The van der Waals surface area contributed by atoms with Crippen molar-refractivity contribution >= 4 is 46.9 Å². The number of hydrogen-bond donors (Lipinski definition) is 1. The summed E-state index contributed by atoms with van der Waals surface area (Å²) in [7, 11) is 0. The number of amides is 3. The monoisotopic (exact) mass is 452 g/mol. The van der Waals surface area contributed by atoms with Gasteiger partial charge in [-0.2, -0.15) is 0 Å². The molecule has 2 aromatic rings. The lowest BCUT2D eigenvalue weighted by molar-refractivity contribution is -0.130. The first-order chi connectivity index (χ1) is 15.5. The van der Waals surface area contributed by atoms with Gasteiger partial charge in [-0.3, -0.25) is 14.4 Å². The molecule has 2 aliphatic rings. The van der Waals surface area contributed by atoms with Crippen molar-refractivity contribution in [2.24, 2.45) is 5.92 Å². The molecule has 0 saturated carbocycles. The van der Waals surface area contributed by atoms with Crippen LogP contribution in [0.5, 0.6) is 0 Å². The molecule has 32 heavy (non-hydrogen) atoms. The van der Waals surface area contributed by atoms with Crippen molar-refractivity contribution in [1.29, 1.82) is 0 Å². The van der Waals surface area contributed by atoms with E-state index >= 15 is 0 Å². The SMILES string of the molecule is O=C(Nc1ccc(Cl)cn1)C1CCN(C(=O)/C=C/c2ccc(N3CCCC3=O)cc2)CC1. The van der Waals surface area contributed by atoms with E-state index in [9.17, 15) is 14.4 Å². The fraction of sp³-hybridized carbons (Fsp3) is 0.333. The number of nitrogens with zero attached hydrogens (tertiary/aromatic N) is 3. The van der Waals surface area contributed by atoms with Crippen LogP contribution >= 0.6 is 11.6 Å². The lowest BCUT2D eigenvalue weighted by Crippen LogP contribution is -2.40. The molecule has 1 aromatic heterocycles. The molecule has 3 amide bonds. The number of anilines is 2. The molecular weight excluding hydrogens is 428 g/mol. The van der Waals surface area contributed by atoms with Crippen LogP contribution in [0.25, 0.3) is 6.08 Å². The second-order valence-electron chi connectivity index (χ2n) is 8.02. The van der Waals surface area contributed by atoms with Gasteiger partial charge in [-0.15, -0.1) is 0 Å². The third-order valence-corrected chi connectivity index (χ3v) is 6.08. The van der Waals surface area contributed by atoms with E-state index in [-0.39, 0.29) is 23.6 Å². The summed E-state index contributed by atoms with van der Waals surface area (Å²) in [6.07, 6.45) is 7.55. The first-order valence-corrected chi connectivity index (χ1v) is 11.2. The summed E-state index contributed by atoms with van der Waals surface area (Å²) in [6.45, 7) is 1.83. The molecule has 0 spiro atoms. The largest absolute Gasteiger partial charge is 0.339 e. The molecule has 7 nitrogen and oxygen atoms in total. The summed E-state index contributed by atoms with van der Waals surface area (Å²) in [5.41, 5.74) is 1.79. The average molecular weight is 453 g/mol. The Morgan fingerprint density at radius 2 is 1.81 bits per heavy atom. The second-order valence-corrected chi connectivity index (χ2v) is 8.46. The molecule has 1 aromatic carbocycles. The Balaban J connectivity index is 1.26. The number of pyridine rings is 1. The maximum Gasteiger partial charge on any atom is 0.246 e. The summed E-state index contributed by atoms with van der Waals surface area (Å²) < 4.78 is 0. The summed E-state index contributed by atoms with van der Waals surface area (Å²) in [5, 5.41) is 3.32. The highest BCUT2D eigenvalue weighted by molar-refractivity contribution is 6.30. The van der Waals surface area contributed by atoms with E-state index in [1.807, 2.05) is 24.3 Å². The zero-order valence-corrected chi connectivity index (χ0v) is 18.4. The molecule has 3 heterocycles. The van der Waals surface area contributed by atoms with Gasteiger partial charge in [0, 0.05) is 49.9 Å². The van der Waals surface area contributed by atoms with Crippen LogP contribution in [-0.2, 0) is 14.4 Å². The number of hydrogen-bond acceptors (Lipinski definition) is 4. The number of aromatic nitrogens is 1. The topological polar surface area (TPSA) is 82.6 Å². The van der Waals surface area contributed by atoms with Gasteiger partial charge in [-0.05, 0) is 55.2 Å². The molecule has 8 heteroatoms. The Labute approximate surface area is 192 Å². The molecule has 0 radical (unpaired) electrons. The molecule has 0 unspecified atom stereocenters. The zero-order chi connectivity index (χ0) is 22.5. The van der Waals surface area contributed by atoms with Gasteiger partial charge in [0.2, 0.25) is 17.7 Å². The van der Waals surface area contributed by atoms with Crippen LogP contribution in [0.1, 0.15) is 31.2 Å². The van der Waals surface area contributed by atoms with Crippen LogP contribution in [-0.4, -0.2) is 47.2 Å². The standard InChI is InChI=1S/C24H25ClN4O3/c25-19-6-9-21(26-16-19)27-24(32)18-11-14-28(15-12-18)22(30)10-5-17-3-7-20(8-4-17)29-13-1-2-23(29)31/h3-10,16,18H,1-2,11-15H2,(H,26,27,32)/b10-5+. The van der Waals surface area contributed by atoms with Crippen molar-refractivity contribution in [3.05, 3.63) is 59.3 Å². The van der Waals surface area contributed by atoms with E-state index in [0.29, 0.717) is 43.2 Å². The van der Waals surface area contributed by atoms with Gasteiger partial charge in [0.05, 0.1) is 5.02 Å². The predicted octanol–water partition coefficient (Wildman–Crippen LogP) is 3.75. The molecule has 2 saturated heterocycles. The van der Waals surface area contributed by atoms with Gasteiger partial charge in [-0.25, -0.2) is 4.98 Å². The van der Waals surface area contributed by atoms with Gasteiger partial charge in [0.15, 0.2) is 0 Å². The Bertz CT molecular complexity index is 1010. The second kappa shape index (κ2) is 9.96. The molecule has 1 N–H and O–H groups in total. The molecule has 0 aliphatic carbocycles. The molecule has 166 valence electrons. The highest BCUT2D eigenvalue weighted by Gasteiger charge is 2.27. The van der Waals surface area contributed by atoms with Crippen LogP contribution in [0, 0.1) is 5.92 Å². The maximum absolute atomic E-state index is 12.6. The lowest BCUT2D eigenvalue weighted by Gasteiger charge is -2.30. The van der Waals surface area contributed by atoms with Crippen molar-refractivity contribution < 1.29 is 14.4 Å². The Morgan fingerprint density at radius 3 is 2.44 bits per heavy atom. The summed E-state index contributed by atoms with van der Waals surface area (Å²) in [4.78, 5) is 44.5. The van der Waals surface area contributed by atoms with Gasteiger partial charge < -0.3 is 15.1 Å². The first kappa shape index (κ1) is 22.0. The van der Waals surface area contributed by atoms with Crippen LogP contribution in [0.3, 0.4) is 0 Å². The third-order valence-electron chi connectivity index (χ3n) is 5.85. The third kappa shape index (κ3) is 5.34. The average Bonchev–Trinajstić information content (AvgIpc) is 3.25. The van der Waals surface area contributed by atoms with Crippen molar-refractivity contribution in [2.45, 2.75) is 25.7 Å². The van der Waals surface area contributed by atoms with E-state index < -0.39 is 0 Å². The van der Waals surface area contributed by atoms with Gasteiger partial charge in [-0.1, -0.05) is 23.7 Å². The Morgan fingerprint density at radius 1 is 1.06 bits per heavy atom. The van der Waals surface area contributed by atoms with Crippen molar-refractivity contribution in [1.82, 2.24) is 9.88 Å². The highest BCUT2D eigenvalue weighted by atomic mass is 35.5. The van der Waals surface area contributed by atoms with Crippen molar-refractivity contribution in [2.75, 3.05) is 29.9 Å². The summed E-state index contributed by atoms with van der Waals surface area (Å²) >= 11 is 5.81. The quantitative estimate of drug-likeness (QED) is 0.700. The molecule has 0 bridgehead atoms. The number of likely N-dealkylation sites (tertiary alicyclic amines) is 1. The van der Waals surface area contributed by atoms with E-state index in [1.54, 1.807) is 34.1 Å². The highest BCUT2D eigenvalue weighted by Crippen LogP contribution is 2.23. The number of carbonyl (C=O) groups is 3. The normalized spacial score (nSPS) is 17.2. The van der Waals surface area contributed by atoms with E-state index in [0.717, 1.165) is 24.2 Å².